The summed E-state index contributed by atoms with van der Waals surface area (Å²) in [6.45, 7) is 4.96. The molecule has 0 unspecified atom stereocenters. The molecule has 0 aliphatic heterocycles. The van der Waals surface area contributed by atoms with E-state index < -0.39 is 27.3 Å². The van der Waals surface area contributed by atoms with Crippen molar-refractivity contribution in [3.05, 3.63) is 29.3 Å². The molecule has 25 heavy (non-hydrogen) atoms. The normalized spacial score (nSPS) is 12.6. The Morgan fingerprint density at radius 2 is 1.80 bits per heavy atom. The summed E-state index contributed by atoms with van der Waals surface area (Å²) in [7, 11) is -5.82. The van der Waals surface area contributed by atoms with Gasteiger partial charge in [-0.15, -0.1) is 0 Å². The molecule has 6 nitrogen and oxygen atoms in total. The van der Waals surface area contributed by atoms with Crippen molar-refractivity contribution in [2.75, 3.05) is 13.2 Å². The quantitative estimate of drug-likeness (QED) is 0.312. The number of carbonyl (C=O) groups is 1. The predicted molar refractivity (Wildman–Crippen MR) is 83.5 cm³/mol. The molecule has 0 aliphatic carbocycles. The zero-order chi connectivity index (χ0) is 19.3. The van der Waals surface area contributed by atoms with Crippen LogP contribution in [0.5, 0.6) is 11.5 Å². The Labute approximate surface area is 143 Å². The zero-order valence-electron chi connectivity index (χ0n) is 13.7. The fourth-order valence-electron chi connectivity index (χ4n) is 1.67. The van der Waals surface area contributed by atoms with E-state index in [0.29, 0.717) is 5.56 Å². The summed E-state index contributed by atoms with van der Waals surface area (Å²) in [6, 6.07) is 3.55. The van der Waals surface area contributed by atoms with Crippen molar-refractivity contribution >= 4 is 22.2 Å². The highest BCUT2D eigenvalue weighted by Crippen LogP contribution is 2.34. The molecular formula is C15H17F3O6S. The Morgan fingerprint density at radius 3 is 2.32 bits per heavy atom. The molecule has 0 bridgehead atoms. The molecule has 0 fully saturated rings. The van der Waals surface area contributed by atoms with Crippen molar-refractivity contribution < 1.29 is 40.0 Å². The third kappa shape index (κ3) is 5.66. The maximum absolute atomic E-state index is 12.4. The highest BCUT2D eigenvalue weighted by molar-refractivity contribution is 7.88. The van der Waals surface area contributed by atoms with Gasteiger partial charge in [-0.1, -0.05) is 6.07 Å². The van der Waals surface area contributed by atoms with Crippen molar-refractivity contribution in [1.29, 1.82) is 0 Å². The minimum Gasteiger partial charge on any atom is -0.490 e. The molecule has 0 radical (unpaired) electrons. The molecule has 1 rings (SSSR count). The highest BCUT2D eigenvalue weighted by atomic mass is 32.2. The zero-order valence-corrected chi connectivity index (χ0v) is 14.5. The van der Waals surface area contributed by atoms with Crippen LogP contribution in [-0.4, -0.2) is 33.1 Å². The van der Waals surface area contributed by atoms with Crippen LogP contribution in [0.4, 0.5) is 13.2 Å². The van der Waals surface area contributed by atoms with Crippen LogP contribution in [-0.2, 0) is 19.6 Å². The molecule has 0 heterocycles. The van der Waals surface area contributed by atoms with Crippen LogP contribution in [0.3, 0.4) is 0 Å². The fraction of sp³-hybridized carbons (Fsp3) is 0.400. The number of alkyl halides is 3. The first-order chi connectivity index (χ1) is 11.5. The lowest BCUT2D eigenvalue weighted by atomic mass is 10.1. The van der Waals surface area contributed by atoms with Crippen molar-refractivity contribution in [3.8, 4) is 11.5 Å². The van der Waals surface area contributed by atoms with E-state index in [4.69, 9.17) is 9.47 Å². The lowest BCUT2D eigenvalue weighted by molar-refractivity contribution is -0.138. The van der Waals surface area contributed by atoms with Crippen LogP contribution in [0.1, 0.15) is 26.3 Å². The Kier molecular flexibility index (Phi) is 6.86. The van der Waals surface area contributed by atoms with Gasteiger partial charge in [-0.3, -0.25) is 0 Å². The van der Waals surface area contributed by atoms with E-state index in [-0.39, 0.29) is 24.5 Å². The first-order valence-electron chi connectivity index (χ1n) is 7.14. The molecule has 140 valence electrons. The minimum absolute atomic E-state index is 0.0620. The van der Waals surface area contributed by atoms with Crippen LogP contribution in [0, 0.1) is 0 Å². The van der Waals surface area contributed by atoms with Crippen LogP contribution in [0.2, 0.25) is 0 Å². The molecule has 0 atom stereocenters. The fourth-order valence-corrected chi connectivity index (χ4v) is 2.14. The summed E-state index contributed by atoms with van der Waals surface area (Å²) in [5.74, 6) is -1.37. The molecule has 0 saturated carbocycles. The largest absolute Gasteiger partial charge is 0.534 e. The first kappa shape index (κ1) is 20.8. The Bertz CT molecular complexity index is 753. The van der Waals surface area contributed by atoms with Gasteiger partial charge in [-0.05, 0) is 44.5 Å². The highest BCUT2D eigenvalue weighted by Gasteiger charge is 2.48. The number of esters is 1. The molecule has 0 aliphatic rings. The van der Waals surface area contributed by atoms with Gasteiger partial charge in [0.1, 0.15) is 0 Å². The molecule has 0 N–H and O–H groups in total. The summed E-state index contributed by atoms with van der Waals surface area (Å²) in [4.78, 5) is 11.6. The van der Waals surface area contributed by atoms with Crippen LogP contribution < -0.4 is 8.92 Å². The third-order valence-corrected chi connectivity index (χ3v) is 3.70. The SMILES string of the molecule is CCOC(=O)C(C)=Cc1ccc(OS(=O)(=O)C(F)(F)F)c(OCC)c1. The molecule has 0 aromatic heterocycles. The number of carbonyl (C=O) groups excluding carboxylic acids is 1. The number of hydrogen-bond donors (Lipinski definition) is 0. The number of halogens is 3. The number of rotatable bonds is 7. The predicted octanol–water partition coefficient (Wildman–Crippen LogP) is 3.28. The molecule has 1 aromatic carbocycles. The maximum atomic E-state index is 12.4. The van der Waals surface area contributed by atoms with E-state index in [1.54, 1.807) is 13.8 Å². The van der Waals surface area contributed by atoms with E-state index >= 15 is 0 Å². The maximum Gasteiger partial charge on any atom is 0.534 e. The smallest absolute Gasteiger partial charge is 0.490 e. The second-order valence-electron chi connectivity index (χ2n) is 4.67. The van der Waals surface area contributed by atoms with Gasteiger partial charge in [0, 0.05) is 5.57 Å². The lowest BCUT2D eigenvalue weighted by Crippen LogP contribution is -2.28. The van der Waals surface area contributed by atoms with Gasteiger partial charge in [-0.25, -0.2) is 4.79 Å². The Hall–Kier alpha value is -2.23. The summed E-state index contributed by atoms with van der Waals surface area (Å²) in [5.41, 5.74) is -4.91. The summed E-state index contributed by atoms with van der Waals surface area (Å²) in [6.07, 6.45) is 1.42. The summed E-state index contributed by atoms with van der Waals surface area (Å²) < 4.78 is 73.6. The van der Waals surface area contributed by atoms with Gasteiger partial charge >= 0.3 is 21.6 Å². The summed E-state index contributed by atoms with van der Waals surface area (Å²) in [5, 5.41) is 0. The molecule has 10 heteroatoms. The van der Waals surface area contributed by atoms with E-state index in [9.17, 15) is 26.4 Å². The minimum atomic E-state index is -5.82. The van der Waals surface area contributed by atoms with Gasteiger partial charge in [0.25, 0.3) is 0 Å². The Balaban J connectivity index is 3.20. The second-order valence-corrected chi connectivity index (χ2v) is 6.21. The third-order valence-electron chi connectivity index (χ3n) is 2.73. The monoisotopic (exact) mass is 382 g/mol. The van der Waals surface area contributed by atoms with Gasteiger partial charge in [0.15, 0.2) is 11.5 Å². The van der Waals surface area contributed by atoms with Crippen LogP contribution >= 0.6 is 0 Å². The number of hydrogen-bond acceptors (Lipinski definition) is 6. The Morgan fingerprint density at radius 1 is 1.16 bits per heavy atom. The average Bonchev–Trinajstić information content (AvgIpc) is 2.49. The van der Waals surface area contributed by atoms with Crippen molar-refractivity contribution in [2.24, 2.45) is 0 Å². The van der Waals surface area contributed by atoms with Crippen molar-refractivity contribution in [1.82, 2.24) is 0 Å². The van der Waals surface area contributed by atoms with Gasteiger partial charge in [0.2, 0.25) is 0 Å². The van der Waals surface area contributed by atoms with E-state index in [1.165, 1.54) is 25.1 Å². The molecule has 0 saturated heterocycles. The topological polar surface area (TPSA) is 78.9 Å². The van der Waals surface area contributed by atoms with Gasteiger partial charge < -0.3 is 13.7 Å². The van der Waals surface area contributed by atoms with Crippen LogP contribution in [0.25, 0.3) is 6.08 Å². The second kappa shape index (κ2) is 8.24. The van der Waals surface area contributed by atoms with E-state index in [1.807, 2.05) is 0 Å². The van der Waals surface area contributed by atoms with E-state index in [2.05, 4.69) is 4.18 Å². The first-order valence-corrected chi connectivity index (χ1v) is 8.55. The molecule has 0 amide bonds. The van der Waals surface area contributed by atoms with Gasteiger partial charge in [0.05, 0.1) is 13.2 Å². The number of benzene rings is 1. The lowest BCUT2D eigenvalue weighted by Gasteiger charge is -2.13. The number of ether oxygens (including phenoxy) is 2. The van der Waals surface area contributed by atoms with Crippen molar-refractivity contribution in [2.45, 2.75) is 26.3 Å². The van der Waals surface area contributed by atoms with E-state index in [0.717, 1.165) is 6.07 Å². The van der Waals surface area contributed by atoms with Crippen LogP contribution in [0.15, 0.2) is 23.8 Å². The van der Waals surface area contributed by atoms with Crippen molar-refractivity contribution in [3.63, 3.8) is 0 Å². The average molecular weight is 382 g/mol. The molecular weight excluding hydrogens is 365 g/mol. The standard InChI is InChI=1S/C15H17F3O6S/c1-4-22-13-9-11(8-10(3)14(19)23-5-2)6-7-12(13)24-25(20,21)15(16,17)18/h6-9H,4-5H2,1-3H3. The van der Waals surface area contributed by atoms with Gasteiger partial charge in [-0.2, -0.15) is 21.6 Å². The summed E-state index contributed by atoms with van der Waals surface area (Å²) >= 11 is 0. The molecule has 0 spiro atoms. The molecule has 1 aromatic rings.